The molecule has 1 amide bonds. The van der Waals surface area contributed by atoms with E-state index < -0.39 is 12.2 Å². The summed E-state index contributed by atoms with van der Waals surface area (Å²) in [6, 6.07) is 5.80. The topological polar surface area (TPSA) is 47.6 Å². The zero-order chi connectivity index (χ0) is 14.0. The molecule has 1 aromatic rings. The van der Waals surface area contributed by atoms with Crippen molar-refractivity contribution in [1.82, 2.24) is 0 Å². The maximum atomic E-state index is 13.1. The molecule has 1 aliphatic rings. The molecule has 1 atom stereocenters. The minimum Gasteiger partial charge on any atom is -0.326 e. The molecule has 0 aliphatic carbocycles. The van der Waals surface area contributed by atoms with Gasteiger partial charge in [-0.05, 0) is 31.0 Å². The van der Waals surface area contributed by atoms with E-state index in [0.29, 0.717) is 5.69 Å². The molecule has 1 saturated heterocycles. The molecule has 1 aliphatic heterocycles. The van der Waals surface area contributed by atoms with Gasteiger partial charge in [-0.3, -0.25) is 4.79 Å². The number of halogens is 1. The van der Waals surface area contributed by atoms with Gasteiger partial charge in [0.05, 0.1) is 5.92 Å². The normalized spacial score (nSPS) is 23.8. The van der Waals surface area contributed by atoms with Gasteiger partial charge in [-0.15, -0.1) is 0 Å². The highest BCUT2D eigenvalue weighted by Crippen LogP contribution is 2.29. The van der Waals surface area contributed by atoms with Crippen molar-refractivity contribution in [3.63, 3.8) is 0 Å². The van der Waals surface area contributed by atoms with Crippen molar-refractivity contribution in [2.24, 2.45) is 11.8 Å². The van der Waals surface area contributed by atoms with Crippen molar-refractivity contribution < 1.29 is 18.7 Å². The van der Waals surface area contributed by atoms with E-state index in [1.165, 1.54) is 12.1 Å². The largest absolute Gasteiger partial charge is 0.326 e. The van der Waals surface area contributed by atoms with E-state index in [2.05, 4.69) is 5.32 Å². The van der Waals surface area contributed by atoms with Crippen LogP contribution in [0.4, 0.5) is 10.1 Å². The second-order valence-corrected chi connectivity index (χ2v) is 4.98. The molecular weight excluding hydrogens is 249 g/mol. The summed E-state index contributed by atoms with van der Waals surface area (Å²) in [6.45, 7) is 5.62. The molecule has 1 heterocycles. The van der Waals surface area contributed by atoms with Crippen molar-refractivity contribution in [1.29, 1.82) is 0 Å². The van der Waals surface area contributed by atoms with Gasteiger partial charge in [0, 0.05) is 5.69 Å². The third-order valence-electron chi connectivity index (χ3n) is 3.06. The molecule has 0 aromatic heterocycles. The number of anilines is 1. The molecule has 4 nitrogen and oxygen atoms in total. The summed E-state index contributed by atoms with van der Waals surface area (Å²) < 4.78 is 23.8. The molecule has 1 unspecified atom stereocenters. The summed E-state index contributed by atoms with van der Waals surface area (Å²) in [6.07, 6.45) is -0.795. The van der Waals surface area contributed by atoms with Gasteiger partial charge in [0.2, 0.25) is 5.91 Å². The first kappa shape index (κ1) is 14.0. The van der Waals surface area contributed by atoms with Gasteiger partial charge in [0.1, 0.15) is 5.82 Å². The average molecular weight is 267 g/mol. The lowest BCUT2D eigenvalue weighted by Gasteiger charge is -2.39. The summed E-state index contributed by atoms with van der Waals surface area (Å²) in [5.41, 5.74) is 0.433. The summed E-state index contributed by atoms with van der Waals surface area (Å²) in [5.74, 6) is -0.966. The summed E-state index contributed by atoms with van der Waals surface area (Å²) in [5, 5.41) is 2.69. The number of amides is 1. The van der Waals surface area contributed by atoms with Crippen LogP contribution >= 0.6 is 0 Å². The molecule has 1 fully saturated rings. The predicted octanol–water partition coefficient (Wildman–Crippen LogP) is 2.76. The first-order valence-electron chi connectivity index (χ1n) is 6.34. The monoisotopic (exact) mass is 267 g/mol. The number of rotatable bonds is 4. The molecular formula is C14H18FNO3. The van der Waals surface area contributed by atoms with Crippen molar-refractivity contribution in [2.75, 3.05) is 5.32 Å². The fourth-order valence-electron chi connectivity index (χ4n) is 2.09. The molecule has 0 radical (unpaired) electrons. The highest BCUT2D eigenvalue weighted by atomic mass is 19.1. The second kappa shape index (κ2) is 5.67. The highest BCUT2D eigenvalue weighted by molar-refractivity contribution is 5.93. The number of benzene rings is 1. The Morgan fingerprint density at radius 2 is 2.05 bits per heavy atom. The Balaban J connectivity index is 2.04. The Bertz CT molecular complexity index is 458. The standard InChI is InChI=1S/C14H18FNO3/c1-8(2)12(14-18-9(3)19-14)13(17)16-11-6-4-5-10(15)7-11/h4-9,12,14H,1-3H3,(H,16,17). The van der Waals surface area contributed by atoms with Gasteiger partial charge in [-0.1, -0.05) is 19.9 Å². The van der Waals surface area contributed by atoms with Crippen LogP contribution in [0, 0.1) is 17.7 Å². The minimum atomic E-state index is -0.524. The smallest absolute Gasteiger partial charge is 0.232 e. The van der Waals surface area contributed by atoms with Crippen molar-refractivity contribution in [3.8, 4) is 0 Å². The Hall–Kier alpha value is -1.46. The Kier molecular flexibility index (Phi) is 4.17. The van der Waals surface area contributed by atoms with Crippen LogP contribution in [0.3, 0.4) is 0 Å². The number of carbonyl (C=O) groups excluding carboxylic acids is 1. The van der Waals surface area contributed by atoms with Gasteiger partial charge in [0.25, 0.3) is 0 Å². The fourth-order valence-corrected chi connectivity index (χ4v) is 2.09. The number of nitrogens with one attached hydrogen (secondary N) is 1. The SMILES string of the molecule is CC1OC(C(C(=O)Nc2cccc(F)c2)C(C)C)O1. The van der Waals surface area contributed by atoms with Crippen LogP contribution in [-0.4, -0.2) is 18.5 Å². The van der Waals surface area contributed by atoms with Gasteiger partial charge in [-0.2, -0.15) is 0 Å². The molecule has 19 heavy (non-hydrogen) atoms. The van der Waals surface area contributed by atoms with E-state index in [1.54, 1.807) is 19.1 Å². The van der Waals surface area contributed by atoms with Gasteiger partial charge < -0.3 is 14.8 Å². The van der Waals surface area contributed by atoms with Gasteiger partial charge >= 0.3 is 0 Å². The first-order chi connectivity index (χ1) is 8.97. The van der Waals surface area contributed by atoms with Crippen LogP contribution in [0.2, 0.25) is 0 Å². The maximum Gasteiger partial charge on any atom is 0.232 e. The van der Waals surface area contributed by atoms with E-state index in [4.69, 9.17) is 9.47 Å². The third-order valence-corrected chi connectivity index (χ3v) is 3.06. The van der Waals surface area contributed by atoms with E-state index >= 15 is 0 Å². The molecule has 5 heteroatoms. The summed E-state index contributed by atoms with van der Waals surface area (Å²) in [7, 11) is 0. The molecule has 2 rings (SSSR count). The quantitative estimate of drug-likeness (QED) is 0.912. The van der Waals surface area contributed by atoms with Crippen LogP contribution in [-0.2, 0) is 14.3 Å². The number of hydrogen-bond donors (Lipinski definition) is 1. The Morgan fingerprint density at radius 3 is 2.58 bits per heavy atom. The average Bonchev–Trinajstić information content (AvgIpc) is 2.26. The van der Waals surface area contributed by atoms with E-state index in [9.17, 15) is 9.18 Å². The molecule has 0 saturated carbocycles. The van der Waals surface area contributed by atoms with Crippen molar-refractivity contribution in [3.05, 3.63) is 30.1 Å². The second-order valence-electron chi connectivity index (χ2n) is 4.98. The van der Waals surface area contributed by atoms with Gasteiger partial charge in [-0.25, -0.2) is 4.39 Å². The van der Waals surface area contributed by atoms with Crippen LogP contribution < -0.4 is 5.32 Å². The zero-order valence-electron chi connectivity index (χ0n) is 11.2. The lowest BCUT2D eigenvalue weighted by Crippen LogP contribution is -2.49. The molecule has 0 spiro atoms. The number of carbonyl (C=O) groups is 1. The van der Waals surface area contributed by atoms with E-state index in [-0.39, 0.29) is 23.9 Å². The zero-order valence-corrected chi connectivity index (χ0v) is 11.2. The fraction of sp³-hybridized carbons (Fsp3) is 0.500. The van der Waals surface area contributed by atoms with Gasteiger partial charge in [0.15, 0.2) is 12.6 Å². The van der Waals surface area contributed by atoms with Crippen LogP contribution in [0.25, 0.3) is 0 Å². The number of ether oxygens (including phenoxy) is 2. The van der Waals surface area contributed by atoms with Crippen molar-refractivity contribution >= 4 is 11.6 Å². The lowest BCUT2D eigenvalue weighted by molar-refractivity contribution is -0.390. The highest BCUT2D eigenvalue weighted by Gasteiger charge is 2.40. The Morgan fingerprint density at radius 1 is 1.37 bits per heavy atom. The summed E-state index contributed by atoms with van der Waals surface area (Å²) in [4.78, 5) is 12.2. The predicted molar refractivity (Wildman–Crippen MR) is 68.8 cm³/mol. The van der Waals surface area contributed by atoms with E-state index in [0.717, 1.165) is 0 Å². The Labute approximate surface area is 111 Å². The summed E-state index contributed by atoms with van der Waals surface area (Å²) >= 11 is 0. The van der Waals surface area contributed by atoms with Crippen LogP contribution in [0.15, 0.2) is 24.3 Å². The van der Waals surface area contributed by atoms with Crippen LogP contribution in [0.1, 0.15) is 20.8 Å². The first-order valence-corrected chi connectivity index (χ1v) is 6.34. The van der Waals surface area contributed by atoms with Crippen LogP contribution in [0.5, 0.6) is 0 Å². The number of hydrogen-bond acceptors (Lipinski definition) is 3. The van der Waals surface area contributed by atoms with E-state index in [1.807, 2.05) is 13.8 Å². The molecule has 1 N–H and O–H groups in total. The third kappa shape index (κ3) is 3.30. The maximum absolute atomic E-state index is 13.1. The van der Waals surface area contributed by atoms with Crippen molar-refractivity contribution in [2.45, 2.75) is 33.4 Å². The molecule has 0 bridgehead atoms. The molecule has 104 valence electrons. The minimum absolute atomic E-state index is 0.0612. The molecule has 1 aromatic carbocycles. The lowest BCUT2D eigenvalue weighted by atomic mass is 9.93.